The smallest absolute Gasteiger partial charge is 0.297 e. The first-order valence-corrected chi connectivity index (χ1v) is 8.61. The SMILES string of the molecule is Cc1cc(C)c2c(n1)oc1c(=O)n(CC(=O)Nc3ccc(Cl)cc3)cnc12. The van der Waals surface area contributed by atoms with E-state index < -0.39 is 5.56 Å². The quantitative estimate of drug-likeness (QED) is 0.586. The number of hydrogen-bond donors (Lipinski definition) is 1. The fourth-order valence-electron chi connectivity index (χ4n) is 3.00. The molecule has 1 amide bonds. The number of rotatable bonds is 3. The van der Waals surface area contributed by atoms with Gasteiger partial charge >= 0.3 is 0 Å². The molecular formula is C19H15ClN4O3. The Bertz CT molecular complexity index is 1240. The molecule has 4 rings (SSSR count). The van der Waals surface area contributed by atoms with Gasteiger partial charge in [-0.3, -0.25) is 14.2 Å². The molecule has 3 aromatic heterocycles. The maximum atomic E-state index is 12.7. The van der Waals surface area contributed by atoms with Crippen LogP contribution in [-0.2, 0) is 11.3 Å². The predicted octanol–water partition coefficient (Wildman–Crippen LogP) is 3.45. The van der Waals surface area contributed by atoms with Gasteiger partial charge in [0.2, 0.25) is 17.2 Å². The summed E-state index contributed by atoms with van der Waals surface area (Å²) in [5.41, 5.74) is 2.80. The first-order chi connectivity index (χ1) is 12.9. The van der Waals surface area contributed by atoms with Crippen LogP contribution in [0.3, 0.4) is 0 Å². The molecule has 0 unspecified atom stereocenters. The van der Waals surface area contributed by atoms with Crippen molar-refractivity contribution in [2.75, 3.05) is 5.32 Å². The van der Waals surface area contributed by atoms with Crippen molar-refractivity contribution in [1.29, 1.82) is 0 Å². The Hall–Kier alpha value is -3.19. The van der Waals surface area contributed by atoms with E-state index in [-0.39, 0.29) is 18.0 Å². The van der Waals surface area contributed by atoms with Crippen LogP contribution >= 0.6 is 11.6 Å². The van der Waals surface area contributed by atoms with E-state index in [1.165, 1.54) is 10.9 Å². The molecule has 8 heteroatoms. The first kappa shape index (κ1) is 17.2. The van der Waals surface area contributed by atoms with Gasteiger partial charge in [-0.15, -0.1) is 0 Å². The predicted molar refractivity (Wildman–Crippen MR) is 103 cm³/mol. The summed E-state index contributed by atoms with van der Waals surface area (Å²) in [7, 11) is 0. The zero-order valence-corrected chi connectivity index (χ0v) is 15.4. The van der Waals surface area contributed by atoms with Crippen molar-refractivity contribution in [3.63, 3.8) is 0 Å². The molecule has 0 aliphatic rings. The Kier molecular flexibility index (Phi) is 4.16. The summed E-state index contributed by atoms with van der Waals surface area (Å²) in [6.45, 7) is 3.58. The number of aromatic nitrogens is 3. The third-order valence-electron chi connectivity index (χ3n) is 4.19. The summed E-state index contributed by atoms with van der Waals surface area (Å²) in [5.74, 6) is -0.359. The van der Waals surface area contributed by atoms with Crippen LogP contribution in [0.15, 0.2) is 45.9 Å². The fourth-order valence-corrected chi connectivity index (χ4v) is 3.13. The number of anilines is 1. The summed E-state index contributed by atoms with van der Waals surface area (Å²) < 4.78 is 6.85. The van der Waals surface area contributed by atoms with Crippen LogP contribution in [0.4, 0.5) is 5.69 Å². The first-order valence-electron chi connectivity index (χ1n) is 8.23. The van der Waals surface area contributed by atoms with Crippen LogP contribution in [0, 0.1) is 13.8 Å². The number of hydrogen-bond acceptors (Lipinski definition) is 5. The van der Waals surface area contributed by atoms with Crippen LogP contribution in [0.5, 0.6) is 0 Å². The lowest BCUT2D eigenvalue weighted by Gasteiger charge is -2.07. The number of carbonyl (C=O) groups excluding carboxylic acids is 1. The van der Waals surface area contributed by atoms with Gasteiger partial charge < -0.3 is 9.73 Å². The molecule has 4 aromatic rings. The third-order valence-corrected chi connectivity index (χ3v) is 4.44. The minimum Gasteiger partial charge on any atom is -0.430 e. The fraction of sp³-hybridized carbons (Fsp3) is 0.158. The molecule has 136 valence electrons. The lowest BCUT2D eigenvalue weighted by atomic mass is 10.1. The van der Waals surface area contributed by atoms with Gasteiger partial charge in [0, 0.05) is 16.4 Å². The highest BCUT2D eigenvalue weighted by Gasteiger charge is 2.17. The number of halogens is 1. The molecule has 0 radical (unpaired) electrons. The van der Waals surface area contributed by atoms with E-state index in [4.69, 9.17) is 16.0 Å². The molecular weight excluding hydrogens is 368 g/mol. The van der Waals surface area contributed by atoms with Crippen molar-refractivity contribution in [2.45, 2.75) is 20.4 Å². The molecule has 0 fully saturated rings. The third kappa shape index (κ3) is 3.17. The van der Waals surface area contributed by atoms with Crippen molar-refractivity contribution >= 4 is 45.4 Å². The van der Waals surface area contributed by atoms with Gasteiger partial charge in [0.1, 0.15) is 12.1 Å². The van der Waals surface area contributed by atoms with E-state index in [0.29, 0.717) is 27.3 Å². The van der Waals surface area contributed by atoms with E-state index in [1.807, 2.05) is 19.9 Å². The molecule has 0 saturated carbocycles. The Morgan fingerprint density at radius 3 is 2.74 bits per heavy atom. The van der Waals surface area contributed by atoms with Crippen molar-refractivity contribution in [2.24, 2.45) is 0 Å². The molecule has 7 nitrogen and oxygen atoms in total. The van der Waals surface area contributed by atoms with Crippen molar-refractivity contribution in [3.05, 3.63) is 63.3 Å². The second-order valence-electron chi connectivity index (χ2n) is 6.27. The maximum Gasteiger partial charge on any atom is 0.297 e. The number of furan rings is 1. The Labute approximate surface area is 158 Å². The monoisotopic (exact) mass is 382 g/mol. The van der Waals surface area contributed by atoms with E-state index in [2.05, 4.69) is 15.3 Å². The molecule has 0 aliphatic heterocycles. The molecule has 0 bridgehead atoms. The standard InChI is InChI=1S/C19H15ClN4O3/c1-10-7-11(2)22-18-15(10)16-17(27-18)19(26)24(9-21-16)8-14(25)23-13-5-3-12(20)4-6-13/h3-7,9H,8H2,1-2H3,(H,23,25). The number of fused-ring (bicyclic) bond motifs is 3. The molecule has 27 heavy (non-hydrogen) atoms. The number of nitrogens with zero attached hydrogens (tertiary/aromatic N) is 3. The summed E-state index contributed by atoms with van der Waals surface area (Å²) in [4.78, 5) is 33.6. The van der Waals surface area contributed by atoms with E-state index in [0.717, 1.165) is 11.3 Å². The zero-order valence-electron chi connectivity index (χ0n) is 14.6. The van der Waals surface area contributed by atoms with Gasteiger partial charge in [-0.25, -0.2) is 9.97 Å². The van der Waals surface area contributed by atoms with Crippen LogP contribution in [0.2, 0.25) is 5.02 Å². The maximum absolute atomic E-state index is 12.7. The summed E-state index contributed by atoms with van der Waals surface area (Å²) in [6, 6.07) is 8.61. The van der Waals surface area contributed by atoms with Gasteiger partial charge in [0.25, 0.3) is 5.56 Å². The molecule has 0 atom stereocenters. The number of aryl methyl sites for hydroxylation is 2. The van der Waals surface area contributed by atoms with Gasteiger partial charge in [0.15, 0.2) is 0 Å². The molecule has 0 saturated heterocycles. The Morgan fingerprint density at radius 1 is 1.26 bits per heavy atom. The highest BCUT2D eigenvalue weighted by Crippen LogP contribution is 2.26. The lowest BCUT2D eigenvalue weighted by Crippen LogP contribution is -2.27. The van der Waals surface area contributed by atoms with E-state index >= 15 is 0 Å². The van der Waals surface area contributed by atoms with Crippen molar-refractivity contribution < 1.29 is 9.21 Å². The molecule has 1 aromatic carbocycles. The van der Waals surface area contributed by atoms with Crippen molar-refractivity contribution in [1.82, 2.24) is 14.5 Å². The number of benzene rings is 1. The second kappa shape index (κ2) is 6.51. The molecule has 3 heterocycles. The molecule has 1 N–H and O–H groups in total. The van der Waals surface area contributed by atoms with Crippen LogP contribution < -0.4 is 10.9 Å². The van der Waals surface area contributed by atoms with Gasteiger partial charge in [0.05, 0.1) is 11.7 Å². The van der Waals surface area contributed by atoms with E-state index in [1.54, 1.807) is 24.3 Å². The highest BCUT2D eigenvalue weighted by atomic mass is 35.5. The van der Waals surface area contributed by atoms with Gasteiger partial charge in [-0.05, 0) is 49.7 Å². The number of pyridine rings is 1. The zero-order chi connectivity index (χ0) is 19.1. The van der Waals surface area contributed by atoms with Crippen LogP contribution in [0.25, 0.3) is 22.2 Å². The van der Waals surface area contributed by atoms with Gasteiger partial charge in [-0.1, -0.05) is 11.6 Å². The second-order valence-corrected chi connectivity index (χ2v) is 6.71. The number of amides is 1. The number of nitrogens with one attached hydrogen (secondary N) is 1. The Morgan fingerprint density at radius 2 is 2.00 bits per heavy atom. The summed E-state index contributed by atoms with van der Waals surface area (Å²) >= 11 is 5.83. The van der Waals surface area contributed by atoms with Crippen LogP contribution in [-0.4, -0.2) is 20.4 Å². The lowest BCUT2D eigenvalue weighted by molar-refractivity contribution is -0.116. The minimum atomic E-state index is -0.429. The summed E-state index contributed by atoms with van der Waals surface area (Å²) in [6.07, 6.45) is 1.35. The Balaban J connectivity index is 1.68. The van der Waals surface area contributed by atoms with Crippen LogP contribution in [0.1, 0.15) is 11.3 Å². The topological polar surface area (TPSA) is 90.0 Å². The average Bonchev–Trinajstić information content (AvgIpc) is 2.99. The van der Waals surface area contributed by atoms with E-state index in [9.17, 15) is 9.59 Å². The largest absolute Gasteiger partial charge is 0.430 e. The molecule has 0 aliphatic carbocycles. The molecule has 0 spiro atoms. The summed E-state index contributed by atoms with van der Waals surface area (Å²) in [5, 5.41) is 3.99. The van der Waals surface area contributed by atoms with Gasteiger partial charge in [-0.2, -0.15) is 0 Å². The minimum absolute atomic E-state index is 0.0907. The number of carbonyl (C=O) groups is 1. The normalized spacial score (nSPS) is 11.2. The average molecular weight is 383 g/mol. The van der Waals surface area contributed by atoms with Crippen molar-refractivity contribution in [3.8, 4) is 0 Å². The highest BCUT2D eigenvalue weighted by molar-refractivity contribution is 6.30.